The summed E-state index contributed by atoms with van der Waals surface area (Å²) in [7, 11) is 0. The fourth-order valence-electron chi connectivity index (χ4n) is 2.18. The van der Waals surface area contributed by atoms with Crippen molar-refractivity contribution in [2.24, 2.45) is 0 Å². The van der Waals surface area contributed by atoms with Crippen LogP contribution in [0, 0.1) is 11.3 Å². The van der Waals surface area contributed by atoms with E-state index in [0.29, 0.717) is 19.5 Å². The van der Waals surface area contributed by atoms with Gasteiger partial charge >= 0.3 is 0 Å². The second-order valence-electron chi connectivity index (χ2n) is 4.21. The number of nitriles is 1. The molecular formula is C13H16N2OS. The Labute approximate surface area is 106 Å². The van der Waals surface area contributed by atoms with Crippen LogP contribution in [0.3, 0.4) is 0 Å². The summed E-state index contributed by atoms with van der Waals surface area (Å²) in [5.41, 5.74) is 1.36. The van der Waals surface area contributed by atoms with Crippen molar-refractivity contribution in [3.05, 3.63) is 21.4 Å². The Balaban J connectivity index is 2.09. The molecule has 0 unspecified atom stereocenters. The van der Waals surface area contributed by atoms with Gasteiger partial charge in [0.25, 0.3) is 5.91 Å². The van der Waals surface area contributed by atoms with Crippen molar-refractivity contribution < 1.29 is 4.79 Å². The van der Waals surface area contributed by atoms with Gasteiger partial charge in [-0.05, 0) is 37.8 Å². The Morgan fingerprint density at radius 2 is 2.41 bits per heavy atom. The normalized spacial score (nSPS) is 13.2. The largest absolute Gasteiger partial charge is 0.337 e. The first-order valence-electron chi connectivity index (χ1n) is 6.04. The Morgan fingerprint density at radius 1 is 1.59 bits per heavy atom. The average molecular weight is 248 g/mol. The van der Waals surface area contributed by atoms with Gasteiger partial charge in [-0.15, -0.1) is 11.3 Å². The molecule has 0 atom stereocenters. The molecule has 1 aromatic heterocycles. The summed E-state index contributed by atoms with van der Waals surface area (Å²) in [5.74, 6) is 0.0853. The van der Waals surface area contributed by atoms with Gasteiger partial charge in [0.15, 0.2) is 0 Å². The maximum atomic E-state index is 12.2. The van der Waals surface area contributed by atoms with E-state index in [1.807, 2.05) is 13.0 Å². The average Bonchev–Trinajstić information content (AvgIpc) is 2.89. The Bertz CT molecular complexity index is 437. The minimum Gasteiger partial charge on any atom is -0.337 e. The zero-order chi connectivity index (χ0) is 12.3. The van der Waals surface area contributed by atoms with Crippen LogP contribution in [-0.4, -0.2) is 23.9 Å². The lowest BCUT2D eigenvalue weighted by Crippen LogP contribution is -2.31. The third kappa shape index (κ3) is 2.50. The maximum Gasteiger partial charge on any atom is 0.263 e. The van der Waals surface area contributed by atoms with Crippen LogP contribution in [0.2, 0.25) is 0 Å². The van der Waals surface area contributed by atoms with E-state index in [1.54, 1.807) is 16.2 Å². The van der Waals surface area contributed by atoms with Gasteiger partial charge in [-0.25, -0.2) is 0 Å². The molecule has 0 saturated heterocycles. The lowest BCUT2D eigenvalue weighted by atomic mass is 10.2. The van der Waals surface area contributed by atoms with E-state index in [2.05, 4.69) is 6.07 Å². The number of carbonyl (C=O) groups is 1. The number of nitrogens with zero attached hydrogens (tertiary/aromatic N) is 2. The molecule has 0 bridgehead atoms. The summed E-state index contributed by atoms with van der Waals surface area (Å²) in [6.45, 7) is 3.16. The third-order valence-electron chi connectivity index (χ3n) is 3.12. The highest BCUT2D eigenvalue weighted by Gasteiger charge is 2.21. The van der Waals surface area contributed by atoms with Gasteiger partial charge < -0.3 is 4.90 Å². The monoisotopic (exact) mass is 248 g/mol. The topological polar surface area (TPSA) is 44.1 Å². The van der Waals surface area contributed by atoms with Crippen LogP contribution < -0.4 is 0 Å². The number of thiophene rings is 1. The molecule has 0 fully saturated rings. The van der Waals surface area contributed by atoms with Crippen molar-refractivity contribution in [3.8, 4) is 6.07 Å². The van der Waals surface area contributed by atoms with Crippen LogP contribution in [0.5, 0.6) is 0 Å². The standard InChI is InChI=1S/C13H16N2OS/c1-2-15(8-4-7-14)13(16)12-9-10-5-3-6-11(10)17-12/h9H,2-6,8H2,1H3. The van der Waals surface area contributed by atoms with E-state index in [-0.39, 0.29) is 5.91 Å². The molecular weight excluding hydrogens is 232 g/mol. The van der Waals surface area contributed by atoms with Crippen molar-refractivity contribution in [1.82, 2.24) is 4.90 Å². The van der Waals surface area contributed by atoms with Gasteiger partial charge in [-0.1, -0.05) is 0 Å². The van der Waals surface area contributed by atoms with Crippen LogP contribution in [0.4, 0.5) is 0 Å². The number of aryl methyl sites for hydroxylation is 2. The molecule has 0 radical (unpaired) electrons. The lowest BCUT2D eigenvalue weighted by Gasteiger charge is -2.18. The minimum atomic E-state index is 0.0853. The number of hydrogen-bond acceptors (Lipinski definition) is 3. The van der Waals surface area contributed by atoms with Gasteiger partial charge in [-0.2, -0.15) is 5.26 Å². The molecule has 0 N–H and O–H groups in total. The molecule has 1 aliphatic rings. The highest BCUT2D eigenvalue weighted by Crippen LogP contribution is 2.31. The molecule has 1 aromatic rings. The number of hydrogen-bond donors (Lipinski definition) is 0. The molecule has 3 nitrogen and oxygen atoms in total. The zero-order valence-electron chi connectivity index (χ0n) is 10.0. The third-order valence-corrected chi connectivity index (χ3v) is 4.34. The Morgan fingerprint density at radius 3 is 3.06 bits per heavy atom. The number of carbonyl (C=O) groups excluding carboxylic acids is 1. The number of rotatable bonds is 4. The van der Waals surface area contributed by atoms with Gasteiger partial charge in [0.2, 0.25) is 0 Å². The Kier molecular flexibility index (Phi) is 3.80. The fraction of sp³-hybridized carbons (Fsp3) is 0.538. The molecule has 1 amide bonds. The van der Waals surface area contributed by atoms with E-state index in [1.165, 1.54) is 16.9 Å². The van der Waals surface area contributed by atoms with Crippen molar-refractivity contribution in [2.45, 2.75) is 32.6 Å². The number of amides is 1. The van der Waals surface area contributed by atoms with Crippen LogP contribution >= 0.6 is 11.3 Å². The first-order valence-corrected chi connectivity index (χ1v) is 6.85. The van der Waals surface area contributed by atoms with Crippen molar-refractivity contribution in [1.29, 1.82) is 5.26 Å². The molecule has 0 aliphatic heterocycles. The molecule has 90 valence electrons. The molecule has 0 aromatic carbocycles. The van der Waals surface area contributed by atoms with Crippen LogP contribution in [-0.2, 0) is 12.8 Å². The van der Waals surface area contributed by atoms with Crippen LogP contribution in [0.1, 0.15) is 39.9 Å². The van der Waals surface area contributed by atoms with E-state index >= 15 is 0 Å². The summed E-state index contributed by atoms with van der Waals surface area (Å²) >= 11 is 1.63. The van der Waals surface area contributed by atoms with Gasteiger partial charge in [-0.3, -0.25) is 4.79 Å². The quantitative estimate of drug-likeness (QED) is 0.822. The van der Waals surface area contributed by atoms with Crippen LogP contribution in [0.15, 0.2) is 6.07 Å². The van der Waals surface area contributed by atoms with E-state index in [0.717, 1.165) is 17.7 Å². The second-order valence-corrected chi connectivity index (χ2v) is 5.34. The summed E-state index contributed by atoms with van der Waals surface area (Å²) in [6.07, 6.45) is 3.87. The summed E-state index contributed by atoms with van der Waals surface area (Å²) in [6, 6.07) is 4.13. The molecule has 2 rings (SSSR count). The minimum absolute atomic E-state index is 0.0853. The van der Waals surface area contributed by atoms with Gasteiger partial charge in [0.1, 0.15) is 0 Å². The SMILES string of the molecule is CCN(CCC#N)C(=O)c1cc2c(s1)CCC2. The van der Waals surface area contributed by atoms with Crippen molar-refractivity contribution in [2.75, 3.05) is 13.1 Å². The maximum absolute atomic E-state index is 12.2. The van der Waals surface area contributed by atoms with E-state index < -0.39 is 0 Å². The van der Waals surface area contributed by atoms with Crippen molar-refractivity contribution >= 4 is 17.2 Å². The van der Waals surface area contributed by atoms with Gasteiger partial charge in [0.05, 0.1) is 17.4 Å². The summed E-state index contributed by atoms with van der Waals surface area (Å²) in [4.78, 5) is 16.2. The highest BCUT2D eigenvalue weighted by atomic mass is 32.1. The molecule has 0 spiro atoms. The van der Waals surface area contributed by atoms with E-state index in [9.17, 15) is 4.79 Å². The Hall–Kier alpha value is -1.34. The first-order chi connectivity index (χ1) is 8.26. The molecule has 4 heteroatoms. The lowest BCUT2D eigenvalue weighted by molar-refractivity contribution is 0.0772. The molecule has 17 heavy (non-hydrogen) atoms. The molecule has 1 heterocycles. The molecule has 1 aliphatic carbocycles. The molecule has 0 saturated carbocycles. The first kappa shape index (κ1) is 12.1. The van der Waals surface area contributed by atoms with Crippen LogP contribution in [0.25, 0.3) is 0 Å². The fourth-order valence-corrected chi connectivity index (χ4v) is 3.40. The highest BCUT2D eigenvalue weighted by molar-refractivity contribution is 7.14. The van der Waals surface area contributed by atoms with Gasteiger partial charge in [0, 0.05) is 18.0 Å². The smallest absolute Gasteiger partial charge is 0.263 e. The predicted octanol–water partition coefficient (Wildman–Crippen LogP) is 2.61. The summed E-state index contributed by atoms with van der Waals surface area (Å²) < 4.78 is 0. The van der Waals surface area contributed by atoms with Crippen molar-refractivity contribution in [3.63, 3.8) is 0 Å². The number of fused-ring (bicyclic) bond motifs is 1. The predicted molar refractivity (Wildman–Crippen MR) is 68.2 cm³/mol. The second kappa shape index (κ2) is 5.33. The van der Waals surface area contributed by atoms with E-state index in [4.69, 9.17) is 5.26 Å². The summed E-state index contributed by atoms with van der Waals surface area (Å²) in [5, 5.41) is 8.57. The zero-order valence-corrected chi connectivity index (χ0v) is 10.8.